The van der Waals surface area contributed by atoms with Crippen molar-refractivity contribution in [1.82, 2.24) is 20.4 Å². The number of nitrogens with one attached hydrogen (secondary N) is 2. The highest BCUT2D eigenvalue weighted by Crippen LogP contribution is 2.28. The van der Waals surface area contributed by atoms with Crippen molar-refractivity contribution in [3.05, 3.63) is 35.9 Å². The number of carbonyl (C=O) groups is 3. The van der Waals surface area contributed by atoms with Crippen molar-refractivity contribution in [2.24, 2.45) is 11.8 Å². The van der Waals surface area contributed by atoms with Gasteiger partial charge in [0, 0.05) is 43.6 Å². The monoisotopic (exact) mass is 588 g/mol. The van der Waals surface area contributed by atoms with Crippen LogP contribution in [-0.2, 0) is 20.9 Å². The fraction of sp³-hybridized carbons (Fsp3) is 0.710. The fourth-order valence-electron chi connectivity index (χ4n) is 5.90. The lowest BCUT2D eigenvalue weighted by Gasteiger charge is -2.35. The number of likely N-dealkylation sites (tertiary alicyclic amines) is 1. The SMILES string of the molecule is CC(C)CC(=O)N1CSCC1C(=O)N[C@@H](CSCC1CCCCC1)C(=O)N1CCC(NCc2ccccc2)CC1. The number of rotatable bonds is 12. The molecule has 0 bridgehead atoms. The zero-order chi connectivity index (χ0) is 28.3. The van der Waals surface area contributed by atoms with Crippen LogP contribution >= 0.6 is 23.5 Å². The summed E-state index contributed by atoms with van der Waals surface area (Å²) < 4.78 is 0. The summed E-state index contributed by atoms with van der Waals surface area (Å²) in [7, 11) is 0. The van der Waals surface area contributed by atoms with E-state index in [-0.39, 0.29) is 23.6 Å². The Morgan fingerprint density at radius 1 is 1.02 bits per heavy atom. The summed E-state index contributed by atoms with van der Waals surface area (Å²) in [6.45, 7) is 6.28. The van der Waals surface area contributed by atoms with E-state index in [0.717, 1.165) is 25.1 Å². The first-order valence-electron chi connectivity index (χ1n) is 15.2. The topological polar surface area (TPSA) is 81.8 Å². The number of amides is 3. The molecule has 9 heteroatoms. The maximum absolute atomic E-state index is 13.8. The van der Waals surface area contributed by atoms with Crippen LogP contribution in [0, 0.1) is 11.8 Å². The molecule has 0 aromatic heterocycles. The van der Waals surface area contributed by atoms with Crippen molar-refractivity contribution in [1.29, 1.82) is 0 Å². The second kappa shape index (κ2) is 16.1. The van der Waals surface area contributed by atoms with Gasteiger partial charge in [0.15, 0.2) is 0 Å². The van der Waals surface area contributed by atoms with Crippen LogP contribution in [0.5, 0.6) is 0 Å². The summed E-state index contributed by atoms with van der Waals surface area (Å²) in [6.07, 6.45) is 8.74. The number of benzene rings is 1. The first-order valence-corrected chi connectivity index (χ1v) is 17.5. The van der Waals surface area contributed by atoms with Crippen molar-refractivity contribution in [3.63, 3.8) is 0 Å². The molecule has 1 aromatic rings. The minimum atomic E-state index is -0.553. The molecule has 3 amide bonds. The van der Waals surface area contributed by atoms with Crippen LogP contribution in [0.3, 0.4) is 0 Å². The van der Waals surface area contributed by atoms with Crippen molar-refractivity contribution < 1.29 is 14.4 Å². The molecule has 3 aliphatic rings. The number of carbonyl (C=O) groups excluding carboxylic acids is 3. The van der Waals surface area contributed by atoms with Crippen LogP contribution in [0.4, 0.5) is 0 Å². The standard InChI is InChI=1S/C31H48N4O3S2/c1-23(2)17-29(36)35-22-40-21-28(35)30(37)33-27(20-39-19-25-11-7-4-8-12-25)31(38)34-15-13-26(14-16-34)32-18-24-9-5-3-6-10-24/h3,5-6,9-10,23,25-28,32H,4,7-8,11-22H2,1-2H3,(H,33,37)/t27-,28?/m0/s1. The van der Waals surface area contributed by atoms with Gasteiger partial charge < -0.3 is 20.4 Å². The number of hydrogen-bond acceptors (Lipinski definition) is 6. The van der Waals surface area contributed by atoms with Crippen molar-refractivity contribution in [3.8, 4) is 0 Å². The van der Waals surface area contributed by atoms with Crippen LogP contribution in [0.1, 0.15) is 70.8 Å². The Kier molecular flexibility index (Phi) is 12.5. The van der Waals surface area contributed by atoms with E-state index in [4.69, 9.17) is 0 Å². The largest absolute Gasteiger partial charge is 0.342 e. The molecule has 2 saturated heterocycles. The number of piperidine rings is 1. The Hall–Kier alpha value is -1.71. The van der Waals surface area contributed by atoms with Gasteiger partial charge >= 0.3 is 0 Å². The van der Waals surface area contributed by atoms with Gasteiger partial charge in [-0.2, -0.15) is 11.8 Å². The number of thioether (sulfide) groups is 2. The number of hydrogen-bond donors (Lipinski definition) is 2. The Bertz CT molecular complexity index is 949. The molecule has 1 aromatic carbocycles. The maximum atomic E-state index is 13.8. The molecule has 2 N–H and O–H groups in total. The highest BCUT2D eigenvalue weighted by Gasteiger charge is 2.37. The smallest absolute Gasteiger partial charge is 0.246 e. The maximum Gasteiger partial charge on any atom is 0.246 e. The molecule has 3 fully saturated rings. The summed E-state index contributed by atoms with van der Waals surface area (Å²) in [5.74, 6) is 3.60. The molecule has 222 valence electrons. The zero-order valence-electron chi connectivity index (χ0n) is 24.3. The predicted octanol–water partition coefficient (Wildman–Crippen LogP) is 4.51. The molecule has 40 heavy (non-hydrogen) atoms. The van der Waals surface area contributed by atoms with Gasteiger partial charge in [0.2, 0.25) is 17.7 Å². The molecular weight excluding hydrogens is 541 g/mol. The Morgan fingerprint density at radius 3 is 2.45 bits per heavy atom. The van der Waals surface area contributed by atoms with E-state index in [1.165, 1.54) is 37.7 Å². The Labute approximate surface area is 249 Å². The summed E-state index contributed by atoms with van der Waals surface area (Å²) >= 11 is 3.42. The highest BCUT2D eigenvalue weighted by atomic mass is 32.2. The van der Waals surface area contributed by atoms with Crippen LogP contribution in [0.2, 0.25) is 0 Å². The Morgan fingerprint density at radius 2 is 1.75 bits per heavy atom. The zero-order valence-corrected chi connectivity index (χ0v) is 25.9. The van der Waals surface area contributed by atoms with Crippen LogP contribution in [-0.4, -0.2) is 81.9 Å². The predicted molar refractivity (Wildman–Crippen MR) is 166 cm³/mol. The van der Waals surface area contributed by atoms with Crippen LogP contribution < -0.4 is 10.6 Å². The molecule has 2 aliphatic heterocycles. The summed E-state index contributed by atoms with van der Waals surface area (Å²) in [5.41, 5.74) is 1.27. The first-order chi connectivity index (χ1) is 19.4. The lowest BCUT2D eigenvalue weighted by Crippen LogP contribution is -2.57. The Balaban J connectivity index is 1.33. The van der Waals surface area contributed by atoms with E-state index in [0.29, 0.717) is 48.9 Å². The fourth-order valence-corrected chi connectivity index (χ4v) is 8.35. The number of nitrogens with zero attached hydrogens (tertiary/aromatic N) is 2. The average molecular weight is 589 g/mol. The summed E-state index contributed by atoms with van der Waals surface area (Å²) in [6, 6.07) is 9.74. The van der Waals surface area contributed by atoms with E-state index in [1.54, 1.807) is 28.4 Å². The molecule has 4 rings (SSSR count). The van der Waals surface area contributed by atoms with E-state index < -0.39 is 12.1 Å². The van der Waals surface area contributed by atoms with E-state index >= 15 is 0 Å². The van der Waals surface area contributed by atoms with Gasteiger partial charge in [-0.1, -0.05) is 63.4 Å². The third kappa shape index (κ3) is 9.41. The van der Waals surface area contributed by atoms with Crippen molar-refractivity contribution in [2.45, 2.75) is 89.9 Å². The third-order valence-electron chi connectivity index (χ3n) is 8.31. The molecule has 1 aliphatic carbocycles. The minimum Gasteiger partial charge on any atom is -0.342 e. The molecule has 0 spiro atoms. The average Bonchev–Trinajstić information content (AvgIpc) is 3.47. The highest BCUT2D eigenvalue weighted by molar-refractivity contribution is 7.99. The van der Waals surface area contributed by atoms with Crippen LogP contribution in [0.15, 0.2) is 30.3 Å². The molecule has 7 nitrogen and oxygen atoms in total. The van der Waals surface area contributed by atoms with Crippen molar-refractivity contribution in [2.75, 3.05) is 36.2 Å². The van der Waals surface area contributed by atoms with Gasteiger partial charge in [-0.15, -0.1) is 11.8 Å². The van der Waals surface area contributed by atoms with E-state index in [9.17, 15) is 14.4 Å². The lowest BCUT2D eigenvalue weighted by atomic mass is 9.91. The first kappa shape index (κ1) is 31.2. The summed E-state index contributed by atoms with van der Waals surface area (Å²) in [4.78, 5) is 43.7. The molecule has 2 heterocycles. The second-order valence-electron chi connectivity index (χ2n) is 12.0. The van der Waals surface area contributed by atoms with Gasteiger partial charge in [0.25, 0.3) is 0 Å². The van der Waals surface area contributed by atoms with Gasteiger partial charge in [0.05, 0.1) is 5.88 Å². The molecule has 1 saturated carbocycles. The van der Waals surface area contributed by atoms with Crippen molar-refractivity contribution >= 4 is 41.2 Å². The van der Waals surface area contributed by atoms with Gasteiger partial charge in [-0.05, 0) is 48.8 Å². The van der Waals surface area contributed by atoms with Crippen LogP contribution in [0.25, 0.3) is 0 Å². The normalized spacial score (nSPS) is 21.5. The molecular formula is C31H48N4O3S2. The van der Waals surface area contributed by atoms with E-state index in [2.05, 4.69) is 34.9 Å². The quantitative estimate of drug-likeness (QED) is 0.374. The summed E-state index contributed by atoms with van der Waals surface area (Å²) in [5, 5.41) is 6.76. The van der Waals surface area contributed by atoms with E-state index in [1.807, 2.05) is 24.8 Å². The molecule has 0 radical (unpaired) electrons. The third-order valence-corrected chi connectivity index (χ3v) is 10.6. The van der Waals surface area contributed by atoms with Gasteiger partial charge in [-0.3, -0.25) is 14.4 Å². The van der Waals surface area contributed by atoms with Gasteiger partial charge in [0.1, 0.15) is 12.1 Å². The lowest BCUT2D eigenvalue weighted by molar-refractivity contribution is -0.141. The molecule has 2 atom stereocenters. The minimum absolute atomic E-state index is 0.0247. The second-order valence-corrected chi connectivity index (χ2v) is 14.1. The molecule has 1 unspecified atom stereocenters. The van der Waals surface area contributed by atoms with Gasteiger partial charge in [-0.25, -0.2) is 0 Å².